The van der Waals surface area contributed by atoms with E-state index in [-0.39, 0.29) is 24.6 Å². The summed E-state index contributed by atoms with van der Waals surface area (Å²) in [6.45, 7) is 0. The van der Waals surface area contributed by atoms with Gasteiger partial charge in [0.15, 0.2) is 0 Å². The van der Waals surface area contributed by atoms with Crippen LogP contribution in [0.4, 0.5) is 11.6 Å². The average Bonchev–Trinajstić information content (AvgIpc) is 3.49. The van der Waals surface area contributed by atoms with E-state index in [0.717, 1.165) is 47.4 Å². The minimum atomic E-state index is -0.324. The smallest absolute Gasteiger partial charge is 0.132 e. The van der Waals surface area contributed by atoms with E-state index in [4.69, 9.17) is 4.98 Å². The van der Waals surface area contributed by atoms with Crippen LogP contribution in [0, 0.1) is 11.3 Å². The van der Waals surface area contributed by atoms with Crippen molar-refractivity contribution in [1.82, 2.24) is 19.5 Å². The zero-order chi connectivity index (χ0) is 22.4. The summed E-state index contributed by atoms with van der Waals surface area (Å²) in [7, 11) is 0. The second kappa shape index (κ2) is 9.05. The van der Waals surface area contributed by atoms with Crippen molar-refractivity contribution < 1.29 is 5.11 Å². The summed E-state index contributed by atoms with van der Waals surface area (Å²) in [5, 5.41) is 22.9. The molecule has 172 valence electrons. The molecule has 2 N–H and O–H groups in total. The van der Waals surface area contributed by atoms with Gasteiger partial charge in [-0.3, -0.25) is 0 Å². The Morgan fingerprint density at radius 1 is 1.00 bits per heavy atom. The zero-order valence-corrected chi connectivity index (χ0v) is 19.4. The lowest BCUT2D eigenvalue weighted by atomic mass is 10.1. The number of fused-ring (bicyclic) bond motifs is 1. The maximum absolute atomic E-state index is 10.4. The molecule has 2 atom stereocenters. The number of aliphatic hydroxyl groups is 1. The van der Waals surface area contributed by atoms with Crippen molar-refractivity contribution in [3.8, 4) is 17.3 Å². The predicted octanol–water partition coefficient (Wildman–Crippen LogP) is 5.49. The molecule has 0 bridgehead atoms. The van der Waals surface area contributed by atoms with Crippen molar-refractivity contribution in [3.05, 3.63) is 66.1 Å². The van der Waals surface area contributed by atoms with E-state index in [9.17, 15) is 10.4 Å². The van der Waals surface area contributed by atoms with Gasteiger partial charge in [0.05, 0.1) is 46.8 Å². The molecule has 0 saturated heterocycles. The van der Waals surface area contributed by atoms with Crippen molar-refractivity contribution in [3.63, 3.8) is 0 Å². The monoisotopic (exact) mass is 472 g/mol. The van der Waals surface area contributed by atoms with Crippen molar-refractivity contribution in [2.24, 2.45) is 0 Å². The number of hydrogen-bond acceptors (Lipinski definition) is 6. The molecule has 2 fully saturated rings. The number of benzene rings is 1. The van der Waals surface area contributed by atoms with Gasteiger partial charge >= 0.3 is 0 Å². The first-order chi connectivity index (χ1) is 16.2. The predicted molar refractivity (Wildman–Crippen MR) is 133 cm³/mol. The Balaban J connectivity index is 0.00000241. The van der Waals surface area contributed by atoms with Gasteiger partial charge in [-0.15, -0.1) is 12.4 Å². The molecule has 0 unspecified atom stereocenters. The Labute approximate surface area is 203 Å². The fraction of sp³-hybridized carbons (Fsp3) is 0.308. The van der Waals surface area contributed by atoms with Crippen LogP contribution in [0.3, 0.4) is 0 Å². The third-order valence-electron chi connectivity index (χ3n) is 6.71. The van der Waals surface area contributed by atoms with Crippen LogP contribution in [-0.4, -0.2) is 30.7 Å². The highest BCUT2D eigenvalue weighted by Crippen LogP contribution is 2.42. The van der Waals surface area contributed by atoms with Crippen LogP contribution in [0.25, 0.3) is 22.3 Å². The second-order valence-electron chi connectivity index (χ2n) is 9.03. The summed E-state index contributed by atoms with van der Waals surface area (Å²) in [5.41, 5.74) is 5.67. The van der Waals surface area contributed by atoms with Crippen molar-refractivity contribution >= 4 is 35.1 Å². The molecule has 34 heavy (non-hydrogen) atoms. The van der Waals surface area contributed by atoms with E-state index in [1.54, 1.807) is 18.3 Å². The topological polar surface area (TPSA) is 99.7 Å². The summed E-state index contributed by atoms with van der Waals surface area (Å²) in [4.78, 5) is 13.8. The third kappa shape index (κ3) is 4.23. The fourth-order valence-electron chi connectivity index (χ4n) is 4.81. The number of halogens is 1. The largest absolute Gasteiger partial charge is 0.391 e. The van der Waals surface area contributed by atoms with Gasteiger partial charge in [0.25, 0.3) is 0 Å². The molecule has 1 aromatic carbocycles. The molecule has 0 radical (unpaired) electrons. The standard InChI is InChI=1S/C26H24N6O.ClH/c27-14-16-8-9-28-25(10-16)31-26-13-19(17-4-5-17)11-21(30-26)18-6-7-20-23(12-18)32(15-29-20)22-2-1-3-24(22)33;/h6-13,15,17,22,24,33H,1-5H2,(H,28,30,31);1H/t22-,24-;/m1./s1. The maximum Gasteiger partial charge on any atom is 0.132 e. The second-order valence-corrected chi connectivity index (χ2v) is 9.03. The molecule has 0 spiro atoms. The van der Waals surface area contributed by atoms with Crippen molar-refractivity contribution in [1.29, 1.82) is 5.26 Å². The van der Waals surface area contributed by atoms with Gasteiger partial charge in [0.2, 0.25) is 0 Å². The quantitative estimate of drug-likeness (QED) is 0.398. The highest BCUT2D eigenvalue weighted by Gasteiger charge is 2.28. The Morgan fingerprint density at radius 2 is 1.88 bits per heavy atom. The van der Waals surface area contributed by atoms with E-state index in [0.29, 0.717) is 17.3 Å². The first-order valence-corrected chi connectivity index (χ1v) is 11.5. The molecule has 4 aromatic rings. The lowest BCUT2D eigenvalue weighted by Crippen LogP contribution is -2.17. The normalized spacial score (nSPS) is 19.5. The van der Waals surface area contributed by atoms with E-state index in [1.807, 2.05) is 12.4 Å². The minimum Gasteiger partial charge on any atom is -0.391 e. The highest BCUT2D eigenvalue weighted by molar-refractivity contribution is 5.85. The van der Waals surface area contributed by atoms with Gasteiger partial charge in [-0.1, -0.05) is 6.07 Å². The maximum atomic E-state index is 10.4. The minimum absolute atomic E-state index is 0. The van der Waals surface area contributed by atoms with Gasteiger partial charge in [-0.2, -0.15) is 5.26 Å². The average molecular weight is 473 g/mol. The number of nitriles is 1. The van der Waals surface area contributed by atoms with Crippen LogP contribution in [0.15, 0.2) is 55.0 Å². The zero-order valence-electron chi connectivity index (χ0n) is 18.6. The van der Waals surface area contributed by atoms with Crippen LogP contribution in [0.2, 0.25) is 0 Å². The molecular formula is C26H25ClN6O. The molecule has 3 heterocycles. The summed E-state index contributed by atoms with van der Waals surface area (Å²) < 4.78 is 2.12. The van der Waals surface area contributed by atoms with Gasteiger partial charge < -0.3 is 15.0 Å². The molecule has 2 aliphatic carbocycles. The molecular weight excluding hydrogens is 448 g/mol. The van der Waals surface area contributed by atoms with E-state index in [1.165, 1.54) is 18.4 Å². The molecule has 2 saturated carbocycles. The lowest BCUT2D eigenvalue weighted by molar-refractivity contribution is 0.138. The van der Waals surface area contributed by atoms with E-state index in [2.05, 4.69) is 50.2 Å². The molecule has 2 aliphatic rings. The number of rotatable bonds is 5. The van der Waals surface area contributed by atoms with Crippen LogP contribution < -0.4 is 5.32 Å². The Hall–Kier alpha value is -3.47. The number of anilines is 2. The number of imidazole rings is 1. The molecule has 0 amide bonds. The summed E-state index contributed by atoms with van der Waals surface area (Å²) in [6, 6.07) is 16.1. The first-order valence-electron chi connectivity index (χ1n) is 11.5. The van der Waals surface area contributed by atoms with Crippen molar-refractivity contribution in [2.75, 3.05) is 5.32 Å². The van der Waals surface area contributed by atoms with Crippen LogP contribution >= 0.6 is 12.4 Å². The SMILES string of the molecule is Cl.N#Cc1ccnc(Nc2cc(C3CC3)cc(-c3ccc4ncn([C@@H]5CCC[C@H]5O)c4c3)n2)c1. The number of nitrogens with one attached hydrogen (secondary N) is 1. The number of aliphatic hydroxyl groups excluding tert-OH is 1. The third-order valence-corrected chi connectivity index (χ3v) is 6.71. The Morgan fingerprint density at radius 3 is 2.65 bits per heavy atom. The summed E-state index contributed by atoms with van der Waals surface area (Å²) >= 11 is 0. The van der Waals surface area contributed by atoms with Gasteiger partial charge in [0, 0.05) is 11.8 Å². The summed E-state index contributed by atoms with van der Waals surface area (Å²) in [5.74, 6) is 1.88. The number of hydrogen-bond donors (Lipinski definition) is 2. The van der Waals surface area contributed by atoms with Crippen LogP contribution in [0.5, 0.6) is 0 Å². The highest BCUT2D eigenvalue weighted by atomic mass is 35.5. The molecule has 8 heteroatoms. The fourth-order valence-corrected chi connectivity index (χ4v) is 4.81. The lowest BCUT2D eigenvalue weighted by Gasteiger charge is -2.17. The van der Waals surface area contributed by atoms with Gasteiger partial charge in [-0.25, -0.2) is 15.0 Å². The van der Waals surface area contributed by atoms with E-state index < -0.39 is 0 Å². The molecule has 3 aromatic heterocycles. The van der Waals surface area contributed by atoms with Crippen LogP contribution in [0.1, 0.15) is 55.2 Å². The Bertz CT molecular complexity index is 1390. The van der Waals surface area contributed by atoms with Crippen molar-refractivity contribution in [2.45, 2.75) is 50.2 Å². The summed E-state index contributed by atoms with van der Waals surface area (Å²) in [6.07, 6.45) is 8.37. The van der Waals surface area contributed by atoms with Crippen LogP contribution in [-0.2, 0) is 0 Å². The van der Waals surface area contributed by atoms with Gasteiger partial charge in [0.1, 0.15) is 11.6 Å². The number of aromatic nitrogens is 4. The number of nitrogens with zero attached hydrogens (tertiary/aromatic N) is 5. The number of pyridine rings is 2. The molecule has 6 rings (SSSR count). The Kier molecular flexibility index (Phi) is 5.94. The van der Waals surface area contributed by atoms with Gasteiger partial charge in [-0.05, 0) is 80.0 Å². The van der Waals surface area contributed by atoms with E-state index >= 15 is 0 Å². The first kappa shape index (κ1) is 22.3. The molecule has 0 aliphatic heterocycles. The molecule has 7 nitrogen and oxygen atoms in total.